The van der Waals surface area contributed by atoms with Crippen LogP contribution in [0.5, 0.6) is 0 Å². The third kappa shape index (κ3) is 8.54. The first kappa shape index (κ1) is 19.4. The molecule has 0 heterocycles. The molecule has 20 heavy (non-hydrogen) atoms. The second-order valence-corrected chi connectivity index (χ2v) is 5.55. The van der Waals surface area contributed by atoms with Crippen LogP contribution in [0, 0.1) is 0 Å². The summed E-state index contributed by atoms with van der Waals surface area (Å²) in [6.07, 6.45) is 4.68. The molecule has 0 spiro atoms. The Balaban J connectivity index is 4.48. The van der Waals surface area contributed by atoms with Crippen molar-refractivity contribution in [1.82, 2.24) is 10.2 Å². The lowest BCUT2D eigenvalue weighted by atomic mass is 10.2. The number of carbonyl (C=O) groups excluding carboxylic acids is 1. The van der Waals surface area contributed by atoms with Gasteiger partial charge in [0.2, 0.25) is 0 Å². The molecule has 0 rings (SSSR count). The van der Waals surface area contributed by atoms with Gasteiger partial charge >= 0.3 is 5.97 Å². The minimum Gasteiger partial charge on any atom is -0.465 e. The van der Waals surface area contributed by atoms with Crippen molar-refractivity contribution in [2.24, 2.45) is 0 Å². The first-order valence-electron chi connectivity index (χ1n) is 8.20. The molecule has 0 amide bonds. The van der Waals surface area contributed by atoms with Gasteiger partial charge in [-0.3, -0.25) is 9.69 Å². The van der Waals surface area contributed by atoms with Gasteiger partial charge in [0.1, 0.15) is 6.04 Å². The first-order valence-corrected chi connectivity index (χ1v) is 8.20. The van der Waals surface area contributed by atoms with Gasteiger partial charge in [-0.25, -0.2) is 0 Å². The van der Waals surface area contributed by atoms with Crippen molar-refractivity contribution in [2.75, 3.05) is 26.2 Å². The van der Waals surface area contributed by atoms with Crippen LogP contribution in [-0.2, 0) is 9.53 Å². The zero-order chi connectivity index (χ0) is 15.4. The number of hydrogen-bond donors (Lipinski definition) is 1. The Hall–Kier alpha value is -0.610. The summed E-state index contributed by atoms with van der Waals surface area (Å²) in [6.45, 7) is 13.6. The lowest BCUT2D eigenvalue weighted by Gasteiger charge is -2.30. The molecule has 4 heteroatoms. The summed E-state index contributed by atoms with van der Waals surface area (Å²) in [5.74, 6) is -0.123. The molecule has 0 aromatic heterocycles. The van der Waals surface area contributed by atoms with Gasteiger partial charge in [-0.15, -0.1) is 0 Å². The summed E-state index contributed by atoms with van der Waals surface area (Å²) >= 11 is 0. The molecule has 0 saturated heterocycles. The zero-order valence-corrected chi connectivity index (χ0v) is 14.1. The molecule has 0 fully saturated rings. The van der Waals surface area contributed by atoms with Gasteiger partial charge < -0.3 is 10.1 Å². The Morgan fingerprint density at radius 2 is 1.85 bits per heavy atom. The molecule has 1 atom stereocenters. The van der Waals surface area contributed by atoms with Gasteiger partial charge in [0, 0.05) is 12.6 Å². The van der Waals surface area contributed by atoms with E-state index in [2.05, 4.69) is 37.9 Å². The largest absolute Gasteiger partial charge is 0.465 e. The van der Waals surface area contributed by atoms with Crippen LogP contribution in [0.15, 0.2) is 0 Å². The van der Waals surface area contributed by atoms with Crippen molar-refractivity contribution in [1.29, 1.82) is 0 Å². The minimum atomic E-state index is -0.209. The van der Waals surface area contributed by atoms with Gasteiger partial charge in [0.05, 0.1) is 6.61 Å². The number of carbonyl (C=O) groups is 1. The van der Waals surface area contributed by atoms with Crippen LogP contribution in [0.4, 0.5) is 0 Å². The smallest absolute Gasteiger partial charge is 0.324 e. The number of esters is 1. The van der Waals surface area contributed by atoms with Gasteiger partial charge in [-0.05, 0) is 46.7 Å². The van der Waals surface area contributed by atoms with E-state index < -0.39 is 0 Å². The van der Waals surface area contributed by atoms with Crippen molar-refractivity contribution < 1.29 is 9.53 Å². The van der Waals surface area contributed by atoms with E-state index in [1.165, 1.54) is 19.3 Å². The summed E-state index contributed by atoms with van der Waals surface area (Å²) in [5.41, 5.74) is 0. The fourth-order valence-corrected chi connectivity index (χ4v) is 2.14. The van der Waals surface area contributed by atoms with Gasteiger partial charge in [-0.1, -0.05) is 26.7 Å². The molecule has 0 aliphatic heterocycles. The highest BCUT2D eigenvalue weighted by molar-refractivity contribution is 5.76. The van der Waals surface area contributed by atoms with E-state index in [4.69, 9.17) is 4.74 Å². The van der Waals surface area contributed by atoms with Crippen LogP contribution in [-0.4, -0.2) is 49.2 Å². The highest BCUT2D eigenvalue weighted by Gasteiger charge is 2.23. The molecule has 0 aliphatic carbocycles. The minimum absolute atomic E-state index is 0.123. The third-order valence-electron chi connectivity index (χ3n) is 3.41. The Morgan fingerprint density at radius 3 is 2.35 bits per heavy atom. The summed E-state index contributed by atoms with van der Waals surface area (Å²) in [7, 11) is 0. The number of hydrogen-bond acceptors (Lipinski definition) is 4. The number of nitrogens with one attached hydrogen (secondary N) is 1. The SMILES string of the molecule is CCCCCN(CC(NCCC)C(=O)OCC)C(C)C. The van der Waals surface area contributed by atoms with E-state index >= 15 is 0 Å². The van der Waals surface area contributed by atoms with Crippen molar-refractivity contribution >= 4 is 5.97 Å². The summed E-state index contributed by atoms with van der Waals surface area (Å²) in [5, 5.41) is 3.31. The molecule has 0 aliphatic rings. The quantitative estimate of drug-likeness (QED) is 0.442. The molecule has 1 unspecified atom stereocenters. The second kappa shape index (κ2) is 12.2. The van der Waals surface area contributed by atoms with E-state index in [0.29, 0.717) is 12.6 Å². The number of unbranched alkanes of at least 4 members (excludes halogenated alkanes) is 2. The maximum Gasteiger partial charge on any atom is 0.324 e. The van der Waals surface area contributed by atoms with Crippen LogP contribution >= 0.6 is 0 Å². The van der Waals surface area contributed by atoms with Gasteiger partial charge in [-0.2, -0.15) is 0 Å². The maximum absolute atomic E-state index is 12.0. The molecular weight excluding hydrogens is 252 g/mol. The molecule has 0 radical (unpaired) electrons. The number of nitrogens with zero attached hydrogens (tertiary/aromatic N) is 1. The topological polar surface area (TPSA) is 41.6 Å². The third-order valence-corrected chi connectivity index (χ3v) is 3.41. The monoisotopic (exact) mass is 286 g/mol. The van der Waals surface area contributed by atoms with Crippen LogP contribution in [0.3, 0.4) is 0 Å². The summed E-state index contributed by atoms with van der Waals surface area (Å²) in [4.78, 5) is 14.4. The van der Waals surface area contributed by atoms with Gasteiger partial charge in [0.15, 0.2) is 0 Å². The van der Waals surface area contributed by atoms with Crippen LogP contribution in [0.2, 0.25) is 0 Å². The Morgan fingerprint density at radius 1 is 1.15 bits per heavy atom. The van der Waals surface area contributed by atoms with Crippen molar-refractivity contribution in [2.45, 2.75) is 72.4 Å². The Bertz CT molecular complexity index is 245. The van der Waals surface area contributed by atoms with E-state index in [9.17, 15) is 4.79 Å². The molecule has 1 N–H and O–H groups in total. The fourth-order valence-electron chi connectivity index (χ4n) is 2.14. The van der Waals surface area contributed by atoms with E-state index in [-0.39, 0.29) is 12.0 Å². The fraction of sp³-hybridized carbons (Fsp3) is 0.938. The molecule has 4 nitrogen and oxygen atoms in total. The van der Waals surface area contributed by atoms with Gasteiger partial charge in [0.25, 0.3) is 0 Å². The Kier molecular flexibility index (Phi) is 11.8. The predicted molar refractivity (Wildman–Crippen MR) is 84.9 cm³/mol. The normalized spacial score (nSPS) is 12.9. The molecule has 120 valence electrons. The Labute approximate surface area is 125 Å². The first-order chi connectivity index (χ1) is 9.56. The highest BCUT2D eigenvalue weighted by Crippen LogP contribution is 2.06. The molecular formula is C16H34N2O2. The highest BCUT2D eigenvalue weighted by atomic mass is 16.5. The van der Waals surface area contributed by atoms with Crippen LogP contribution in [0.1, 0.15) is 60.3 Å². The molecule has 0 saturated carbocycles. The summed E-state index contributed by atoms with van der Waals surface area (Å²) < 4.78 is 5.18. The van der Waals surface area contributed by atoms with Crippen LogP contribution in [0.25, 0.3) is 0 Å². The van der Waals surface area contributed by atoms with E-state index in [1.807, 2.05) is 6.92 Å². The molecule has 0 aromatic carbocycles. The predicted octanol–water partition coefficient (Wildman–Crippen LogP) is 2.82. The second-order valence-electron chi connectivity index (χ2n) is 5.55. The molecule has 0 bridgehead atoms. The van der Waals surface area contributed by atoms with Crippen molar-refractivity contribution in [3.8, 4) is 0 Å². The molecule has 0 aromatic rings. The van der Waals surface area contributed by atoms with Crippen molar-refractivity contribution in [3.63, 3.8) is 0 Å². The average molecular weight is 286 g/mol. The average Bonchev–Trinajstić information content (AvgIpc) is 2.41. The summed E-state index contributed by atoms with van der Waals surface area (Å²) in [6, 6.07) is 0.242. The van der Waals surface area contributed by atoms with E-state index in [1.54, 1.807) is 0 Å². The van der Waals surface area contributed by atoms with Crippen molar-refractivity contribution in [3.05, 3.63) is 0 Å². The standard InChI is InChI=1S/C16H34N2O2/c1-6-9-10-12-18(14(4)5)13-15(17-11-7-2)16(19)20-8-3/h14-15,17H,6-13H2,1-5H3. The number of ether oxygens (including phenoxy) is 1. The zero-order valence-electron chi connectivity index (χ0n) is 14.1. The lowest BCUT2D eigenvalue weighted by molar-refractivity contribution is -0.146. The van der Waals surface area contributed by atoms with Crippen LogP contribution < -0.4 is 5.32 Å². The van der Waals surface area contributed by atoms with E-state index in [0.717, 1.165) is 26.1 Å². The number of rotatable bonds is 12. The lowest BCUT2D eigenvalue weighted by Crippen LogP contribution is -2.49. The maximum atomic E-state index is 12.0.